The number of nitrogens with zero attached hydrogens (tertiary/aromatic N) is 2. The number of nitrogens with one attached hydrogen (secondary N) is 3. The maximum atomic E-state index is 13.3. The van der Waals surface area contributed by atoms with E-state index in [-0.39, 0.29) is 44.3 Å². The van der Waals surface area contributed by atoms with Crippen molar-refractivity contribution >= 4 is 35.6 Å². The molecule has 0 aliphatic rings. The molecule has 0 radical (unpaired) electrons. The summed E-state index contributed by atoms with van der Waals surface area (Å²) < 4.78 is 0. The Morgan fingerprint density at radius 3 is 1.78 bits per heavy atom. The molecular weight excluding hydrogens is 532 g/mol. The van der Waals surface area contributed by atoms with Gasteiger partial charge in [0, 0.05) is 13.1 Å². The molecule has 3 amide bonds. The van der Waals surface area contributed by atoms with E-state index in [0.717, 1.165) is 5.56 Å². The molecule has 4 atom stereocenters. The molecule has 14 N–H and O–H groups in total. The zero-order chi connectivity index (χ0) is 30.9. The van der Waals surface area contributed by atoms with Crippen LogP contribution in [-0.4, -0.2) is 78.0 Å². The Morgan fingerprint density at radius 2 is 1.29 bits per heavy atom. The van der Waals surface area contributed by atoms with Crippen LogP contribution >= 0.6 is 0 Å². The highest BCUT2D eigenvalue weighted by molar-refractivity contribution is 5.94. The van der Waals surface area contributed by atoms with Gasteiger partial charge in [0.1, 0.15) is 18.1 Å². The number of aliphatic carboxylic acids is 1. The fraction of sp³-hybridized carbons (Fsp3) is 0.538. The number of benzene rings is 1. The average molecular weight is 577 g/mol. The SMILES string of the molecule is CC(C)C(NC(=O)C(CCCN=C(N)N)NC(=O)C(N)Cc1ccccc1)C(=O)NC(CCCN=C(N)N)C(=O)O. The summed E-state index contributed by atoms with van der Waals surface area (Å²) in [6, 6.07) is 4.89. The Labute approximate surface area is 239 Å². The molecule has 4 unspecified atom stereocenters. The predicted octanol–water partition coefficient (Wildman–Crippen LogP) is -2.14. The molecule has 0 aliphatic carbocycles. The van der Waals surface area contributed by atoms with Crippen LogP contribution in [0.1, 0.15) is 45.1 Å². The van der Waals surface area contributed by atoms with Gasteiger partial charge in [-0.05, 0) is 43.6 Å². The summed E-state index contributed by atoms with van der Waals surface area (Å²) in [6.07, 6.45) is 1.13. The van der Waals surface area contributed by atoms with Crippen molar-refractivity contribution in [2.45, 2.75) is 70.1 Å². The number of carbonyl (C=O) groups is 4. The molecule has 15 nitrogen and oxygen atoms in total. The summed E-state index contributed by atoms with van der Waals surface area (Å²) in [4.78, 5) is 58.7. The summed E-state index contributed by atoms with van der Waals surface area (Å²) in [7, 11) is 0. The maximum absolute atomic E-state index is 13.3. The summed E-state index contributed by atoms with van der Waals surface area (Å²) >= 11 is 0. The third-order valence-corrected chi connectivity index (χ3v) is 6.02. The molecule has 1 rings (SSSR count). The fourth-order valence-corrected chi connectivity index (χ4v) is 3.82. The Bertz CT molecular complexity index is 1060. The molecule has 0 heterocycles. The lowest BCUT2D eigenvalue weighted by Crippen LogP contribution is -2.58. The third-order valence-electron chi connectivity index (χ3n) is 6.02. The van der Waals surface area contributed by atoms with E-state index in [0.29, 0.717) is 12.8 Å². The third kappa shape index (κ3) is 14.0. The molecule has 228 valence electrons. The van der Waals surface area contributed by atoms with E-state index in [4.69, 9.17) is 28.7 Å². The first-order valence-corrected chi connectivity index (χ1v) is 13.4. The number of rotatable bonds is 18. The van der Waals surface area contributed by atoms with Gasteiger partial charge in [-0.1, -0.05) is 44.2 Å². The Balaban J connectivity index is 2.96. The lowest BCUT2D eigenvalue weighted by Gasteiger charge is -2.27. The van der Waals surface area contributed by atoms with Gasteiger partial charge in [-0.15, -0.1) is 0 Å². The maximum Gasteiger partial charge on any atom is 0.326 e. The van der Waals surface area contributed by atoms with Gasteiger partial charge in [-0.3, -0.25) is 24.4 Å². The molecule has 15 heteroatoms. The van der Waals surface area contributed by atoms with Crippen LogP contribution in [0, 0.1) is 5.92 Å². The first-order chi connectivity index (χ1) is 19.3. The van der Waals surface area contributed by atoms with Gasteiger partial charge in [0.15, 0.2) is 11.9 Å². The van der Waals surface area contributed by atoms with Crippen LogP contribution in [-0.2, 0) is 25.6 Å². The van der Waals surface area contributed by atoms with Gasteiger partial charge >= 0.3 is 5.97 Å². The van der Waals surface area contributed by atoms with Crippen molar-refractivity contribution in [1.82, 2.24) is 16.0 Å². The topological polar surface area (TPSA) is 279 Å². The van der Waals surface area contributed by atoms with E-state index in [9.17, 15) is 24.3 Å². The van der Waals surface area contributed by atoms with Gasteiger partial charge in [0.25, 0.3) is 0 Å². The summed E-state index contributed by atoms with van der Waals surface area (Å²) in [5.41, 5.74) is 28.2. The van der Waals surface area contributed by atoms with Gasteiger partial charge in [0.2, 0.25) is 17.7 Å². The molecule has 0 spiro atoms. The lowest BCUT2D eigenvalue weighted by molar-refractivity contribution is -0.142. The smallest absolute Gasteiger partial charge is 0.326 e. The van der Waals surface area contributed by atoms with Crippen molar-refractivity contribution < 1.29 is 24.3 Å². The van der Waals surface area contributed by atoms with E-state index >= 15 is 0 Å². The summed E-state index contributed by atoms with van der Waals surface area (Å²) in [5.74, 6) is -3.75. The Kier molecular flexibility index (Phi) is 15.2. The van der Waals surface area contributed by atoms with Crippen molar-refractivity contribution in [2.75, 3.05) is 13.1 Å². The average Bonchev–Trinajstić information content (AvgIpc) is 2.90. The highest BCUT2D eigenvalue weighted by Gasteiger charge is 2.31. The Morgan fingerprint density at radius 1 is 0.780 bits per heavy atom. The minimum atomic E-state index is -1.24. The summed E-state index contributed by atoms with van der Waals surface area (Å²) in [5, 5.41) is 17.3. The molecule has 0 aromatic heterocycles. The predicted molar refractivity (Wildman–Crippen MR) is 156 cm³/mol. The van der Waals surface area contributed by atoms with Crippen LogP contribution in [0.15, 0.2) is 40.3 Å². The van der Waals surface area contributed by atoms with Crippen LogP contribution in [0.5, 0.6) is 0 Å². The zero-order valence-electron chi connectivity index (χ0n) is 23.6. The van der Waals surface area contributed by atoms with E-state index in [1.165, 1.54) is 0 Å². The van der Waals surface area contributed by atoms with E-state index in [2.05, 4.69) is 25.9 Å². The number of hydrogen-bond donors (Lipinski definition) is 9. The second-order valence-electron chi connectivity index (χ2n) is 9.88. The van der Waals surface area contributed by atoms with Crippen LogP contribution in [0.25, 0.3) is 0 Å². The first-order valence-electron chi connectivity index (χ1n) is 13.4. The number of carboxylic acids is 1. The van der Waals surface area contributed by atoms with Crippen molar-refractivity contribution in [3.63, 3.8) is 0 Å². The van der Waals surface area contributed by atoms with Crippen LogP contribution in [0.2, 0.25) is 0 Å². The highest BCUT2D eigenvalue weighted by atomic mass is 16.4. The number of guanidine groups is 2. The molecule has 41 heavy (non-hydrogen) atoms. The van der Waals surface area contributed by atoms with Crippen LogP contribution in [0.3, 0.4) is 0 Å². The molecular formula is C26H44N10O5. The number of carbonyl (C=O) groups excluding carboxylic acids is 3. The quantitative estimate of drug-likeness (QED) is 0.0519. The van der Waals surface area contributed by atoms with Crippen molar-refractivity contribution in [3.8, 4) is 0 Å². The van der Waals surface area contributed by atoms with Gasteiger partial charge in [-0.2, -0.15) is 0 Å². The first kappa shape index (κ1) is 34.6. The molecule has 0 saturated heterocycles. The fourth-order valence-electron chi connectivity index (χ4n) is 3.82. The molecule has 0 saturated carbocycles. The molecule has 0 aliphatic heterocycles. The normalized spacial score (nSPS) is 13.7. The van der Waals surface area contributed by atoms with E-state index < -0.39 is 53.8 Å². The van der Waals surface area contributed by atoms with Gasteiger partial charge in [0.05, 0.1) is 6.04 Å². The Hall–Kier alpha value is -4.40. The van der Waals surface area contributed by atoms with Gasteiger partial charge < -0.3 is 49.7 Å². The lowest BCUT2D eigenvalue weighted by atomic mass is 10.0. The van der Waals surface area contributed by atoms with E-state index in [1.807, 2.05) is 30.3 Å². The number of hydrogen-bond acceptors (Lipinski definition) is 7. The largest absolute Gasteiger partial charge is 0.480 e. The second-order valence-corrected chi connectivity index (χ2v) is 9.88. The van der Waals surface area contributed by atoms with Crippen LogP contribution in [0.4, 0.5) is 0 Å². The second kappa shape index (κ2) is 18.0. The molecule has 0 bridgehead atoms. The van der Waals surface area contributed by atoms with Crippen molar-refractivity contribution in [2.24, 2.45) is 44.6 Å². The summed E-state index contributed by atoms with van der Waals surface area (Å²) in [6.45, 7) is 3.80. The minimum Gasteiger partial charge on any atom is -0.480 e. The number of amides is 3. The number of aliphatic imine (C=N–C) groups is 2. The van der Waals surface area contributed by atoms with Crippen LogP contribution < -0.4 is 44.6 Å². The number of carboxylic acid groups (broad SMARTS) is 1. The monoisotopic (exact) mass is 576 g/mol. The molecule has 0 fully saturated rings. The van der Waals surface area contributed by atoms with E-state index in [1.54, 1.807) is 13.8 Å². The van der Waals surface area contributed by atoms with Crippen molar-refractivity contribution in [1.29, 1.82) is 0 Å². The molecule has 1 aromatic carbocycles. The zero-order valence-corrected chi connectivity index (χ0v) is 23.6. The standard InChI is InChI=1S/C26H44N10O5/c1-15(2)20(23(39)35-19(24(40)41)11-7-13-33-26(30)31)36-22(38)18(10-6-12-32-25(28)29)34-21(37)17(27)14-16-8-4-3-5-9-16/h3-5,8-9,15,17-20H,6-7,10-14,27H2,1-2H3,(H,34,37)(H,35,39)(H,36,38)(H,40,41)(H4,28,29,32)(H4,30,31,33). The van der Waals surface area contributed by atoms with Crippen molar-refractivity contribution in [3.05, 3.63) is 35.9 Å². The van der Waals surface area contributed by atoms with Gasteiger partial charge in [-0.25, -0.2) is 4.79 Å². The minimum absolute atomic E-state index is 0.0688. The molecule has 1 aromatic rings. The number of nitrogens with two attached hydrogens (primary N) is 5. The highest BCUT2D eigenvalue weighted by Crippen LogP contribution is 2.08.